The summed E-state index contributed by atoms with van der Waals surface area (Å²) in [6.45, 7) is -0.345. The fraction of sp³-hybridized carbons (Fsp3) is 1.00. The van der Waals surface area contributed by atoms with Crippen LogP contribution in [-0.2, 0) is 0 Å². The fourth-order valence-electron chi connectivity index (χ4n) is 1.26. The molecule has 0 bridgehead atoms. The average Bonchev–Trinajstić information content (AvgIpc) is 2.08. The zero-order chi connectivity index (χ0) is 7.83. The molecule has 0 aliphatic heterocycles. The van der Waals surface area contributed by atoms with Crippen molar-refractivity contribution in [2.75, 3.05) is 6.61 Å². The second kappa shape index (κ2) is 2.13. The molecular weight excluding hydrogens is 140 g/mol. The van der Waals surface area contributed by atoms with Crippen molar-refractivity contribution in [3.05, 3.63) is 0 Å². The molecule has 1 aliphatic carbocycles. The average molecular weight is 151 g/mol. The molecule has 1 saturated carbocycles. The Labute approximate surface area is 58.0 Å². The van der Waals surface area contributed by atoms with Gasteiger partial charge in [-0.05, 0) is 6.42 Å². The summed E-state index contributed by atoms with van der Waals surface area (Å²) >= 11 is 0. The minimum atomic E-state index is -2.66. The van der Waals surface area contributed by atoms with Gasteiger partial charge in [-0.3, -0.25) is 0 Å². The summed E-state index contributed by atoms with van der Waals surface area (Å²) in [6.07, 6.45) is -0.350. The van der Waals surface area contributed by atoms with Crippen LogP contribution >= 0.6 is 0 Å². The molecule has 2 nitrogen and oxygen atoms in total. The fourth-order valence-corrected chi connectivity index (χ4v) is 1.26. The van der Waals surface area contributed by atoms with E-state index in [0.29, 0.717) is 0 Å². The first-order valence-electron chi connectivity index (χ1n) is 3.25. The zero-order valence-electron chi connectivity index (χ0n) is 5.61. The Kier molecular flexibility index (Phi) is 1.68. The predicted octanol–water partition coefficient (Wildman–Crippen LogP) is 0.495. The van der Waals surface area contributed by atoms with Crippen molar-refractivity contribution in [2.24, 2.45) is 5.73 Å². The monoisotopic (exact) mass is 151 g/mol. The number of aliphatic hydroxyl groups is 1. The molecule has 0 heterocycles. The third-order valence-corrected chi connectivity index (χ3v) is 1.91. The summed E-state index contributed by atoms with van der Waals surface area (Å²) in [4.78, 5) is 0. The van der Waals surface area contributed by atoms with E-state index >= 15 is 0 Å². The van der Waals surface area contributed by atoms with Crippen LogP contribution in [0.1, 0.15) is 19.3 Å². The minimum absolute atomic E-state index is 0.190. The molecule has 0 saturated heterocycles. The zero-order valence-corrected chi connectivity index (χ0v) is 5.61. The van der Waals surface area contributed by atoms with E-state index in [1.165, 1.54) is 0 Å². The van der Waals surface area contributed by atoms with Gasteiger partial charge in [0.1, 0.15) is 0 Å². The van der Waals surface area contributed by atoms with Crippen molar-refractivity contribution in [1.82, 2.24) is 0 Å². The molecule has 1 aliphatic rings. The van der Waals surface area contributed by atoms with Crippen LogP contribution in [0.3, 0.4) is 0 Å². The number of alkyl halides is 2. The summed E-state index contributed by atoms with van der Waals surface area (Å²) in [5, 5.41) is 8.60. The summed E-state index contributed by atoms with van der Waals surface area (Å²) in [6, 6.07) is 0. The van der Waals surface area contributed by atoms with Crippen molar-refractivity contribution < 1.29 is 13.9 Å². The van der Waals surface area contributed by atoms with Crippen LogP contribution in [0, 0.1) is 0 Å². The van der Waals surface area contributed by atoms with Gasteiger partial charge in [0.05, 0.1) is 6.61 Å². The van der Waals surface area contributed by atoms with Crippen molar-refractivity contribution in [3.8, 4) is 0 Å². The number of halogens is 2. The summed E-state index contributed by atoms with van der Waals surface area (Å²) in [5.74, 6) is -2.66. The number of aliphatic hydroxyl groups excluding tert-OH is 1. The number of hydrogen-bond donors (Lipinski definition) is 2. The van der Waals surface area contributed by atoms with Gasteiger partial charge in [-0.1, -0.05) is 0 Å². The van der Waals surface area contributed by atoms with Crippen molar-refractivity contribution in [1.29, 1.82) is 0 Å². The second-order valence-electron chi connectivity index (χ2n) is 3.05. The van der Waals surface area contributed by atoms with Gasteiger partial charge in [-0.15, -0.1) is 0 Å². The highest BCUT2D eigenvalue weighted by molar-refractivity contribution is 4.96. The Bertz CT molecular complexity index is 140. The van der Waals surface area contributed by atoms with E-state index < -0.39 is 11.5 Å². The van der Waals surface area contributed by atoms with Crippen LogP contribution in [0.15, 0.2) is 0 Å². The van der Waals surface area contributed by atoms with Gasteiger partial charge < -0.3 is 10.8 Å². The highest BCUT2D eigenvalue weighted by Gasteiger charge is 2.46. The SMILES string of the molecule is NC1(CO)CCC(F)(F)C1. The third-order valence-electron chi connectivity index (χ3n) is 1.91. The van der Waals surface area contributed by atoms with Gasteiger partial charge in [0.15, 0.2) is 0 Å². The maximum absolute atomic E-state index is 12.4. The van der Waals surface area contributed by atoms with Gasteiger partial charge in [0.25, 0.3) is 0 Å². The molecule has 3 N–H and O–H groups in total. The standard InChI is InChI=1S/C6H11F2NO/c7-6(8)2-1-5(9,3-6)4-10/h10H,1-4,9H2. The van der Waals surface area contributed by atoms with Crippen LogP contribution < -0.4 is 5.73 Å². The number of rotatable bonds is 1. The van der Waals surface area contributed by atoms with E-state index in [1.54, 1.807) is 0 Å². The molecule has 4 heteroatoms. The molecule has 0 spiro atoms. The molecule has 1 fully saturated rings. The Balaban J connectivity index is 2.57. The lowest BCUT2D eigenvalue weighted by atomic mass is 10.0. The number of hydrogen-bond acceptors (Lipinski definition) is 2. The quantitative estimate of drug-likeness (QED) is 0.573. The molecule has 0 radical (unpaired) electrons. The van der Waals surface area contributed by atoms with Crippen molar-refractivity contribution in [2.45, 2.75) is 30.7 Å². The first-order valence-corrected chi connectivity index (χ1v) is 3.25. The molecule has 0 aromatic carbocycles. The molecule has 1 atom stereocenters. The van der Waals surface area contributed by atoms with Crippen LogP contribution in [0.5, 0.6) is 0 Å². The number of nitrogens with two attached hydrogens (primary N) is 1. The summed E-state index contributed by atoms with van der Waals surface area (Å²) in [5.41, 5.74) is 4.38. The maximum Gasteiger partial charge on any atom is 0.250 e. The van der Waals surface area contributed by atoms with Crippen LogP contribution in [-0.4, -0.2) is 23.2 Å². The normalized spacial score (nSPS) is 38.4. The minimum Gasteiger partial charge on any atom is -0.394 e. The molecule has 1 rings (SSSR count). The smallest absolute Gasteiger partial charge is 0.250 e. The molecule has 0 aromatic rings. The second-order valence-corrected chi connectivity index (χ2v) is 3.05. The lowest BCUT2D eigenvalue weighted by molar-refractivity contribution is -0.000459. The topological polar surface area (TPSA) is 46.2 Å². The van der Waals surface area contributed by atoms with E-state index in [4.69, 9.17) is 10.8 Å². The van der Waals surface area contributed by atoms with Crippen LogP contribution in [0.2, 0.25) is 0 Å². The van der Waals surface area contributed by atoms with Crippen molar-refractivity contribution >= 4 is 0 Å². The van der Waals surface area contributed by atoms with Gasteiger partial charge >= 0.3 is 0 Å². The summed E-state index contributed by atoms with van der Waals surface area (Å²) in [7, 11) is 0. The highest BCUT2D eigenvalue weighted by atomic mass is 19.3. The predicted molar refractivity (Wildman–Crippen MR) is 32.8 cm³/mol. The van der Waals surface area contributed by atoms with Gasteiger partial charge in [0, 0.05) is 18.4 Å². The van der Waals surface area contributed by atoms with E-state index in [2.05, 4.69) is 0 Å². The van der Waals surface area contributed by atoms with E-state index in [1.807, 2.05) is 0 Å². The first-order chi connectivity index (χ1) is 4.47. The first kappa shape index (κ1) is 7.88. The lowest BCUT2D eigenvalue weighted by Crippen LogP contribution is -2.41. The molecule has 1 unspecified atom stereocenters. The Morgan fingerprint density at radius 3 is 2.20 bits per heavy atom. The van der Waals surface area contributed by atoms with E-state index in [0.717, 1.165) is 0 Å². The molecule has 0 aromatic heterocycles. The van der Waals surface area contributed by atoms with Crippen molar-refractivity contribution in [3.63, 3.8) is 0 Å². The Hall–Kier alpha value is -0.220. The maximum atomic E-state index is 12.4. The van der Waals surface area contributed by atoms with E-state index in [-0.39, 0.29) is 25.9 Å². The molecule has 10 heavy (non-hydrogen) atoms. The molecule has 60 valence electrons. The highest BCUT2D eigenvalue weighted by Crippen LogP contribution is 2.39. The van der Waals surface area contributed by atoms with E-state index in [9.17, 15) is 8.78 Å². The van der Waals surface area contributed by atoms with Gasteiger partial charge in [-0.25, -0.2) is 8.78 Å². The van der Waals surface area contributed by atoms with Crippen LogP contribution in [0.25, 0.3) is 0 Å². The summed E-state index contributed by atoms with van der Waals surface area (Å²) < 4.78 is 24.9. The Morgan fingerprint density at radius 1 is 1.40 bits per heavy atom. The van der Waals surface area contributed by atoms with Gasteiger partial charge in [-0.2, -0.15) is 0 Å². The molecule has 0 amide bonds. The van der Waals surface area contributed by atoms with Crippen LogP contribution in [0.4, 0.5) is 8.78 Å². The Morgan fingerprint density at radius 2 is 2.00 bits per heavy atom. The largest absolute Gasteiger partial charge is 0.394 e. The molecular formula is C6H11F2NO. The lowest BCUT2D eigenvalue weighted by Gasteiger charge is -2.19. The third kappa shape index (κ3) is 1.44. The van der Waals surface area contributed by atoms with Gasteiger partial charge in [0.2, 0.25) is 5.92 Å².